The molecule has 0 radical (unpaired) electrons. The second kappa shape index (κ2) is 9.45. The Bertz CT molecular complexity index is 730. The van der Waals surface area contributed by atoms with Gasteiger partial charge in [0.2, 0.25) is 0 Å². The van der Waals surface area contributed by atoms with Gasteiger partial charge < -0.3 is 5.11 Å². The van der Waals surface area contributed by atoms with Crippen LogP contribution in [0.15, 0.2) is 72.8 Å². The highest BCUT2D eigenvalue weighted by molar-refractivity contribution is 7.48. The molecular formula is C21H25O5P. The van der Waals surface area contributed by atoms with Crippen LogP contribution in [0.3, 0.4) is 0 Å². The van der Waals surface area contributed by atoms with Crippen LogP contribution >= 0.6 is 7.82 Å². The van der Waals surface area contributed by atoms with E-state index in [4.69, 9.17) is 13.6 Å². The molecular weight excluding hydrogens is 363 g/mol. The minimum atomic E-state index is -3.80. The van der Waals surface area contributed by atoms with E-state index in [0.29, 0.717) is 6.42 Å². The molecule has 6 heteroatoms. The highest BCUT2D eigenvalue weighted by Crippen LogP contribution is 2.53. The highest BCUT2D eigenvalue weighted by Gasteiger charge is 2.33. The second-order valence-corrected chi connectivity index (χ2v) is 8.32. The fourth-order valence-electron chi connectivity index (χ4n) is 2.81. The third-order valence-corrected chi connectivity index (χ3v) is 5.86. The second-order valence-electron chi connectivity index (χ2n) is 6.70. The van der Waals surface area contributed by atoms with Crippen molar-refractivity contribution in [2.24, 2.45) is 5.92 Å². The number of benzene rings is 2. The molecule has 1 N–H and O–H groups in total. The van der Waals surface area contributed by atoms with E-state index in [1.807, 2.05) is 67.6 Å². The summed E-state index contributed by atoms with van der Waals surface area (Å²) < 4.78 is 30.2. The quantitative estimate of drug-likeness (QED) is 0.516. The minimum absolute atomic E-state index is 0.0108. The molecule has 144 valence electrons. The summed E-state index contributed by atoms with van der Waals surface area (Å²) in [5.74, 6) is 0.0108. The Labute approximate surface area is 160 Å². The van der Waals surface area contributed by atoms with Gasteiger partial charge in [-0.1, -0.05) is 79.7 Å². The van der Waals surface area contributed by atoms with E-state index in [9.17, 15) is 9.67 Å². The van der Waals surface area contributed by atoms with Gasteiger partial charge in [-0.2, -0.15) is 0 Å². The first-order valence-corrected chi connectivity index (χ1v) is 10.5. The molecule has 0 aliphatic heterocycles. The van der Waals surface area contributed by atoms with E-state index in [2.05, 4.69) is 0 Å². The Morgan fingerprint density at radius 1 is 0.926 bits per heavy atom. The number of phosphoric ester groups is 1. The van der Waals surface area contributed by atoms with Crippen LogP contribution < -0.4 is 0 Å². The predicted molar refractivity (Wildman–Crippen MR) is 104 cm³/mol. The van der Waals surface area contributed by atoms with Crippen LogP contribution in [0.25, 0.3) is 0 Å². The van der Waals surface area contributed by atoms with Crippen molar-refractivity contribution in [3.63, 3.8) is 0 Å². The van der Waals surface area contributed by atoms with E-state index < -0.39 is 20.0 Å². The van der Waals surface area contributed by atoms with Crippen LogP contribution in [0.4, 0.5) is 0 Å². The SMILES string of the molecule is C[C@H]1C[C@H](OP(=O)(OCc2ccccc2)OCc2ccccc2)C=C[C@@H]1O. The largest absolute Gasteiger partial charge is 0.476 e. The topological polar surface area (TPSA) is 65.0 Å². The number of aliphatic hydroxyl groups excluding tert-OH is 1. The Morgan fingerprint density at radius 2 is 1.44 bits per heavy atom. The van der Waals surface area contributed by atoms with Gasteiger partial charge in [-0.3, -0.25) is 13.6 Å². The summed E-state index contributed by atoms with van der Waals surface area (Å²) in [6.07, 6.45) is 2.98. The first-order valence-electron chi connectivity index (χ1n) is 9.06. The van der Waals surface area contributed by atoms with Gasteiger partial charge in [0.1, 0.15) is 0 Å². The summed E-state index contributed by atoms with van der Waals surface area (Å²) in [5, 5.41) is 9.82. The molecule has 0 bridgehead atoms. The minimum Gasteiger partial charge on any atom is -0.389 e. The molecule has 2 aromatic rings. The summed E-state index contributed by atoms with van der Waals surface area (Å²) >= 11 is 0. The van der Waals surface area contributed by atoms with Gasteiger partial charge in [-0.25, -0.2) is 4.57 Å². The molecule has 0 amide bonds. The molecule has 0 heterocycles. The van der Waals surface area contributed by atoms with Crippen LogP contribution in [0.2, 0.25) is 0 Å². The Balaban J connectivity index is 1.69. The van der Waals surface area contributed by atoms with Crippen molar-refractivity contribution < 1.29 is 23.2 Å². The number of aliphatic hydroxyl groups is 1. The van der Waals surface area contributed by atoms with Crippen molar-refractivity contribution in [2.75, 3.05) is 0 Å². The summed E-state index contributed by atoms with van der Waals surface area (Å²) in [7, 11) is -3.80. The van der Waals surface area contributed by atoms with Crippen molar-refractivity contribution in [1.29, 1.82) is 0 Å². The summed E-state index contributed by atoms with van der Waals surface area (Å²) in [6.45, 7) is 2.17. The van der Waals surface area contributed by atoms with Gasteiger partial charge in [0.25, 0.3) is 0 Å². The first kappa shape index (κ1) is 20.0. The maximum Gasteiger partial charge on any atom is 0.476 e. The van der Waals surface area contributed by atoms with E-state index in [1.54, 1.807) is 12.2 Å². The average Bonchev–Trinajstić information content (AvgIpc) is 2.70. The van der Waals surface area contributed by atoms with E-state index in [0.717, 1.165) is 11.1 Å². The fraction of sp³-hybridized carbons (Fsp3) is 0.333. The molecule has 3 rings (SSSR count). The normalized spacial score (nSPS) is 22.7. The molecule has 0 aromatic heterocycles. The Morgan fingerprint density at radius 3 is 1.93 bits per heavy atom. The molecule has 3 atom stereocenters. The standard InChI is InChI=1S/C21H25O5P/c1-17-14-20(12-13-21(17)22)26-27(23,24-15-18-8-4-2-5-9-18)25-16-19-10-6-3-7-11-19/h2-13,17,20-22H,14-16H2,1H3/t17-,20+,21-/m0/s1. The van der Waals surface area contributed by atoms with Crippen LogP contribution in [0.1, 0.15) is 24.5 Å². The van der Waals surface area contributed by atoms with Crippen molar-refractivity contribution in [3.8, 4) is 0 Å². The summed E-state index contributed by atoms with van der Waals surface area (Å²) in [4.78, 5) is 0. The van der Waals surface area contributed by atoms with Gasteiger partial charge in [-0.15, -0.1) is 0 Å². The zero-order valence-electron chi connectivity index (χ0n) is 15.3. The van der Waals surface area contributed by atoms with Crippen molar-refractivity contribution in [1.82, 2.24) is 0 Å². The van der Waals surface area contributed by atoms with Gasteiger partial charge in [0, 0.05) is 0 Å². The monoisotopic (exact) mass is 388 g/mol. The molecule has 1 aliphatic carbocycles. The Kier molecular flexibility index (Phi) is 7.00. The lowest BCUT2D eigenvalue weighted by Crippen LogP contribution is -2.26. The van der Waals surface area contributed by atoms with Crippen LogP contribution in [-0.4, -0.2) is 17.3 Å². The number of hydrogen-bond acceptors (Lipinski definition) is 5. The highest BCUT2D eigenvalue weighted by atomic mass is 31.2. The van der Waals surface area contributed by atoms with Crippen LogP contribution in [-0.2, 0) is 31.4 Å². The maximum atomic E-state index is 13.3. The van der Waals surface area contributed by atoms with Gasteiger partial charge >= 0.3 is 7.82 Å². The van der Waals surface area contributed by atoms with Gasteiger partial charge in [0.15, 0.2) is 0 Å². The van der Waals surface area contributed by atoms with Crippen molar-refractivity contribution in [3.05, 3.63) is 83.9 Å². The summed E-state index contributed by atoms with van der Waals surface area (Å²) in [6, 6.07) is 18.9. The molecule has 2 aromatic carbocycles. The lowest BCUT2D eigenvalue weighted by molar-refractivity contribution is 0.0576. The average molecular weight is 388 g/mol. The number of hydrogen-bond donors (Lipinski definition) is 1. The zero-order valence-corrected chi connectivity index (χ0v) is 16.2. The lowest BCUT2D eigenvalue weighted by Gasteiger charge is -2.28. The summed E-state index contributed by atoms with van der Waals surface area (Å²) in [5.41, 5.74) is 1.76. The van der Waals surface area contributed by atoms with Gasteiger partial charge in [-0.05, 0) is 23.5 Å². The predicted octanol–water partition coefficient (Wildman–Crippen LogP) is 4.87. The third-order valence-electron chi connectivity index (χ3n) is 4.44. The first-order chi connectivity index (χ1) is 13.0. The third kappa shape index (κ3) is 6.13. The molecule has 0 spiro atoms. The molecule has 0 saturated carbocycles. The molecule has 0 unspecified atom stereocenters. The lowest BCUT2D eigenvalue weighted by atomic mass is 9.92. The van der Waals surface area contributed by atoms with E-state index in [1.165, 1.54) is 0 Å². The Hall–Kier alpha value is -1.75. The number of rotatable bonds is 8. The van der Waals surface area contributed by atoms with E-state index in [-0.39, 0.29) is 19.1 Å². The van der Waals surface area contributed by atoms with Crippen molar-refractivity contribution >= 4 is 7.82 Å². The molecule has 5 nitrogen and oxygen atoms in total. The smallest absolute Gasteiger partial charge is 0.389 e. The molecule has 27 heavy (non-hydrogen) atoms. The number of phosphoric acid groups is 1. The van der Waals surface area contributed by atoms with E-state index >= 15 is 0 Å². The van der Waals surface area contributed by atoms with Gasteiger partial charge in [0.05, 0.1) is 25.4 Å². The maximum absolute atomic E-state index is 13.3. The van der Waals surface area contributed by atoms with Crippen LogP contribution in [0.5, 0.6) is 0 Å². The zero-order chi connectivity index (χ0) is 19.1. The van der Waals surface area contributed by atoms with Crippen molar-refractivity contribution in [2.45, 2.75) is 38.8 Å². The molecule has 1 aliphatic rings. The fourth-order valence-corrected chi connectivity index (χ4v) is 4.11. The van der Waals surface area contributed by atoms with Crippen LogP contribution in [0, 0.1) is 5.92 Å². The molecule has 0 saturated heterocycles. The molecule has 0 fully saturated rings.